The second-order valence-corrected chi connectivity index (χ2v) is 6.48. The Morgan fingerprint density at radius 3 is 2.76 bits per heavy atom. The molecule has 1 aromatic rings. The maximum atomic E-state index is 12.1. The van der Waals surface area contributed by atoms with E-state index in [1.54, 1.807) is 18.3 Å². The van der Waals surface area contributed by atoms with Crippen molar-refractivity contribution in [3.8, 4) is 5.88 Å². The van der Waals surface area contributed by atoms with Crippen molar-refractivity contribution in [1.29, 1.82) is 0 Å². The minimum Gasteiger partial charge on any atom is -0.471 e. The smallest absolute Gasteiger partial charge is 0.222 e. The fourth-order valence-corrected chi connectivity index (χ4v) is 3.22. The van der Waals surface area contributed by atoms with Gasteiger partial charge >= 0.3 is 0 Å². The zero-order chi connectivity index (χ0) is 14.7. The van der Waals surface area contributed by atoms with Crippen molar-refractivity contribution in [2.24, 2.45) is 5.92 Å². The molecule has 0 aromatic carbocycles. The molecule has 1 saturated carbocycles. The van der Waals surface area contributed by atoms with E-state index in [2.05, 4.69) is 4.98 Å². The monoisotopic (exact) mass is 308 g/mol. The Labute approximate surface area is 130 Å². The largest absolute Gasteiger partial charge is 0.471 e. The van der Waals surface area contributed by atoms with Gasteiger partial charge in [0.1, 0.15) is 6.10 Å². The molecule has 0 unspecified atom stereocenters. The van der Waals surface area contributed by atoms with Crippen LogP contribution in [-0.2, 0) is 4.79 Å². The van der Waals surface area contributed by atoms with E-state index < -0.39 is 0 Å². The van der Waals surface area contributed by atoms with Crippen LogP contribution in [0.25, 0.3) is 0 Å². The summed E-state index contributed by atoms with van der Waals surface area (Å²) in [7, 11) is 0. The van der Waals surface area contributed by atoms with Gasteiger partial charge < -0.3 is 9.64 Å². The van der Waals surface area contributed by atoms with Crippen LogP contribution in [0.15, 0.2) is 18.3 Å². The molecule has 1 aliphatic heterocycles. The van der Waals surface area contributed by atoms with Gasteiger partial charge in [-0.2, -0.15) is 0 Å². The van der Waals surface area contributed by atoms with Crippen molar-refractivity contribution in [3.05, 3.63) is 23.4 Å². The predicted molar refractivity (Wildman–Crippen MR) is 81.4 cm³/mol. The second kappa shape index (κ2) is 6.65. The average molecular weight is 309 g/mol. The lowest BCUT2D eigenvalue weighted by Gasteiger charge is -2.38. The van der Waals surface area contributed by atoms with Gasteiger partial charge in [0.05, 0.1) is 18.1 Å². The number of rotatable bonds is 5. The Morgan fingerprint density at radius 2 is 2.10 bits per heavy atom. The molecular formula is C16H21ClN2O2. The fourth-order valence-electron chi connectivity index (χ4n) is 3.10. The Morgan fingerprint density at radius 1 is 1.33 bits per heavy atom. The van der Waals surface area contributed by atoms with Crippen LogP contribution in [0.1, 0.15) is 38.5 Å². The van der Waals surface area contributed by atoms with Crippen LogP contribution < -0.4 is 4.74 Å². The lowest BCUT2D eigenvalue weighted by molar-refractivity contribution is -0.140. The Hall–Kier alpha value is -1.29. The number of nitrogens with zero attached hydrogens (tertiary/aromatic N) is 2. The highest BCUT2D eigenvalue weighted by Gasteiger charge is 2.32. The van der Waals surface area contributed by atoms with Gasteiger partial charge in [-0.3, -0.25) is 4.79 Å². The molecule has 114 valence electrons. The van der Waals surface area contributed by atoms with E-state index in [0.29, 0.717) is 30.4 Å². The van der Waals surface area contributed by atoms with Crippen LogP contribution >= 0.6 is 11.6 Å². The molecule has 1 amide bonds. The van der Waals surface area contributed by atoms with Crippen molar-refractivity contribution in [3.63, 3.8) is 0 Å². The molecule has 0 spiro atoms. The standard InChI is InChI=1S/C16H21ClN2O2/c17-13-6-7-15(18-9-13)21-14-10-19(11-14)16(20)8-5-12-3-1-2-4-12/h6-7,9,12,14H,1-5,8,10-11H2. The lowest BCUT2D eigenvalue weighted by Crippen LogP contribution is -2.56. The maximum Gasteiger partial charge on any atom is 0.222 e. The number of likely N-dealkylation sites (tertiary alicyclic amines) is 1. The molecule has 1 aliphatic carbocycles. The first kappa shape index (κ1) is 14.6. The number of hydrogen-bond acceptors (Lipinski definition) is 3. The van der Waals surface area contributed by atoms with Gasteiger partial charge in [-0.15, -0.1) is 0 Å². The zero-order valence-electron chi connectivity index (χ0n) is 12.1. The van der Waals surface area contributed by atoms with E-state index in [0.717, 1.165) is 12.3 Å². The molecule has 1 aromatic heterocycles. The van der Waals surface area contributed by atoms with Gasteiger partial charge in [-0.1, -0.05) is 37.3 Å². The van der Waals surface area contributed by atoms with Crippen molar-refractivity contribution in [1.82, 2.24) is 9.88 Å². The summed E-state index contributed by atoms with van der Waals surface area (Å²) in [5, 5.41) is 0.597. The quantitative estimate of drug-likeness (QED) is 0.838. The minimum atomic E-state index is 0.0640. The van der Waals surface area contributed by atoms with E-state index in [1.807, 2.05) is 4.90 Å². The maximum absolute atomic E-state index is 12.1. The summed E-state index contributed by atoms with van der Waals surface area (Å²) in [5.74, 6) is 1.62. The number of amides is 1. The minimum absolute atomic E-state index is 0.0640. The normalized spacial score (nSPS) is 19.6. The third-order valence-corrected chi connectivity index (χ3v) is 4.65. The van der Waals surface area contributed by atoms with Crippen LogP contribution in [0, 0.1) is 5.92 Å². The Kier molecular flexibility index (Phi) is 4.63. The summed E-state index contributed by atoms with van der Waals surface area (Å²) < 4.78 is 5.70. The van der Waals surface area contributed by atoms with Gasteiger partial charge in [0.2, 0.25) is 11.8 Å². The topological polar surface area (TPSA) is 42.4 Å². The van der Waals surface area contributed by atoms with Crippen LogP contribution in [0.5, 0.6) is 5.88 Å². The molecule has 0 bridgehead atoms. The summed E-state index contributed by atoms with van der Waals surface area (Å²) in [6.07, 6.45) is 8.67. The first-order valence-corrected chi connectivity index (χ1v) is 8.14. The fraction of sp³-hybridized carbons (Fsp3) is 0.625. The highest BCUT2D eigenvalue weighted by Crippen LogP contribution is 2.29. The molecule has 5 heteroatoms. The number of halogens is 1. The van der Waals surface area contributed by atoms with Crippen molar-refractivity contribution >= 4 is 17.5 Å². The molecule has 2 aliphatic rings. The van der Waals surface area contributed by atoms with Crippen LogP contribution in [-0.4, -0.2) is 35.0 Å². The number of carbonyl (C=O) groups excluding carboxylic acids is 1. The van der Waals surface area contributed by atoms with Crippen LogP contribution in [0.3, 0.4) is 0 Å². The summed E-state index contributed by atoms with van der Waals surface area (Å²) in [5.41, 5.74) is 0. The van der Waals surface area contributed by atoms with Gasteiger partial charge in [0.15, 0.2) is 0 Å². The second-order valence-electron chi connectivity index (χ2n) is 6.04. The molecule has 21 heavy (non-hydrogen) atoms. The summed E-state index contributed by atoms with van der Waals surface area (Å²) >= 11 is 5.78. The molecule has 3 rings (SSSR count). The Bertz CT molecular complexity index is 480. The number of pyridine rings is 1. The third-order valence-electron chi connectivity index (χ3n) is 4.43. The van der Waals surface area contributed by atoms with E-state index in [9.17, 15) is 4.79 Å². The van der Waals surface area contributed by atoms with Gasteiger partial charge in [-0.25, -0.2) is 4.98 Å². The number of hydrogen-bond donors (Lipinski definition) is 0. The summed E-state index contributed by atoms with van der Waals surface area (Å²) in [6.45, 7) is 1.35. The first-order valence-electron chi connectivity index (χ1n) is 7.76. The van der Waals surface area contributed by atoms with E-state index in [4.69, 9.17) is 16.3 Å². The molecule has 1 saturated heterocycles. The van der Waals surface area contributed by atoms with Crippen molar-refractivity contribution in [2.75, 3.05) is 13.1 Å². The zero-order valence-corrected chi connectivity index (χ0v) is 12.9. The molecule has 0 atom stereocenters. The summed E-state index contributed by atoms with van der Waals surface area (Å²) in [6, 6.07) is 3.51. The van der Waals surface area contributed by atoms with E-state index >= 15 is 0 Å². The van der Waals surface area contributed by atoms with Gasteiger partial charge in [-0.05, 0) is 18.4 Å². The van der Waals surface area contributed by atoms with Crippen molar-refractivity contribution < 1.29 is 9.53 Å². The third kappa shape index (κ3) is 3.88. The van der Waals surface area contributed by atoms with Gasteiger partial charge in [0.25, 0.3) is 0 Å². The predicted octanol–water partition coefficient (Wildman–Crippen LogP) is 3.30. The van der Waals surface area contributed by atoms with E-state index in [-0.39, 0.29) is 12.0 Å². The molecule has 2 heterocycles. The molecule has 4 nitrogen and oxygen atoms in total. The molecular weight excluding hydrogens is 288 g/mol. The highest BCUT2D eigenvalue weighted by atomic mass is 35.5. The number of carbonyl (C=O) groups is 1. The molecule has 0 radical (unpaired) electrons. The number of ether oxygens (including phenoxy) is 1. The number of aromatic nitrogens is 1. The van der Waals surface area contributed by atoms with Crippen LogP contribution in [0.2, 0.25) is 5.02 Å². The van der Waals surface area contributed by atoms with Crippen molar-refractivity contribution in [2.45, 2.75) is 44.6 Å². The van der Waals surface area contributed by atoms with Crippen LogP contribution in [0.4, 0.5) is 0 Å². The highest BCUT2D eigenvalue weighted by molar-refractivity contribution is 6.30. The summed E-state index contributed by atoms with van der Waals surface area (Å²) in [4.78, 5) is 18.0. The Balaban J connectivity index is 1.36. The first-order chi connectivity index (χ1) is 10.2. The average Bonchev–Trinajstić information content (AvgIpc) is 2.95. The van der Waals surface area contributed by atoms with Gasteiger partial charge in [0, 0.05) is 18.7 Å². The van der Waals surface area contributed by atoms with E-state index in [1.165, 1.54) is 25.7 Å². The molecule has 2 fully saturated rings. The SMILES string of the molecule is O=C(CCC1CCCC1)N1CC(Oc2ccc(Cl)cn2)C1. The lowest BCUT2D eigenvalue weighted by atomic mass is 10.0. The molecule has 0 N–H and O–H groups in total.